The van der Waals surface area contributed by atoms with Crippen molar-refractivity contribution in [3.63, 3.8) is 0 Å². The Hall–Kier alpha value is -2.45. The molecule has 4 N–H and O–H groups in total. The smallest absolute Gasteiger partial charge is 0.340 e. The molecule has 128 valence electrons. The number of rotatable bonds is 7. The number of hydrogen-bond donors (Lipinski definition) is 3. The molecule has 0 saturated carbocycles. The second-order valence-corrected chi connectivity index (χ2v) is 7.13. The number of H-pyrrole nitrogens is 1. The van der Waals surface area contributed by atoms with Crippen molar-refractivity contribution in [1.29, 1.82) is 0 Å². The first-order valence-electron chi connectivity index (χ1n) is 7.36. The third kappa shape index (κ3) is 3.90. The molecular weight excluding hydrogens is 330 g/mol. The first-order chi connectivity index (χ1) is 11.4. The predicted molar refractivity (Wildman–Crippen MR) is 90.2 cm³/mol. The van der Waals surface area contributed by atoms with E-state index in [-0.39, 0.29) is 11.3 Å². The normalized spacial score (nSPS) is 12.3. The van der Waals surface area contributed by atoms with Crippen LogP contribution in [0.15, 0.2) is 41.1 Å². The van der Waals surface area contributed by atoms with Crippen molar-refractivity contribution >= 4 is 21.9 Å². The van der Waals surface area contributed by atoms with Crippen molar-refractivity contribution in [2.24, 2.45) is 5.73 Å². The summed E-state index contributed by atoms with van der Waals surface area (Å²) < 4.78 is 25.0. The number of aromatic carboxylic acids is 1. The highest BCUT2D eigenvalue weighted by Gasteiger charge is 2.26. The van der Waals surface area contributed by atoms with Gasteiger partial charge in [-0.05, 0) is 17.5 Å². The Kier molecular flexibility index (Phi) is 5.53. The molecule has 8 heteroatoms. The van der Waals surface area contributed by atoms with Gasteiger partial charge in [0.05, 0.1) is 5.75 Å². The summed E-state index contributed by atoms with van der Waals surface area (Å²) in [6, 6.07) is 7.46. The number of nitrogens with one attached hydrogen (secondary N) is 1. The van der Waals surface area contributed by atoms with Crippen LogP contribution in [-0.4, -0.2) is 35.4 Å². The summed E-state index contributed by atoms with van der Waals surface area (Å²) in [5.74, 6) is -1.63. The Bertz CT molecular complexity index is 869. The lowest BCUT2D eigenvalue weighted by atomic mass is 10.0. The third-order valence-corrected chi connectivity index (χ3v) is 5.25. The van der Waals surface area contributed by atoms with Crippen molar-refractivity contribution in [3.05, 3.63) is 52.7 Å². The highest BCUT2D eigenvalue weighted by molar-refractivity contribution is 7.91. The summed E-state index contributed by atoms with van der Waals surface area (Å²) in [5.41, 5.74) is 7.76. The summed E-state index contributed by atoms with van der Waals surface area (Å²) in [7, 11) is -3.87. The van der Waals surface area contributed by atoms with Crippen LogP contribution in [0.3, 0.4) is 0 Å². The van der Waals surface area contributed by atoms with Crippen LogP contribution in [-0.2, 0) is 16.4 Å². The number of aromatic nitrogens is 2. The van der Waals surface area contributed by atoms with E-state index in [9.17, 15) is 13.2 Å². The van der Waals surface area contributed by atoms with Crippen LogP contribution in [0.25, 0.3) is 6.08 Å². The van der Waals surface area contributed by atoms with Gasteiger partial charge in [-0.25, -0.2) is 13.2 Å². The average Bonchev–Trinajstić information content (AvgIpc) is 3.05. The number of aromatic amines is 1. The van der Waals surface area contributed by atoms with Gasteiger partial charge in [-0.15, -0.1) is 0 Å². The molecule has 0 atom stereocenters. The van der Waals surface area contributed by atoms with Crippen LogP contribution in [0.1, 0.15) is 34.8 Å². The van der Waals surface area contributed by atoms with Crippen LogP contribution in [0.5, 0.6) is 0 Å². The molecule has 0 aliphatic heterocycles. The zero-order valence-corrected chi connectivity index (χ0v) is 14.0. The number of sulfone groups is 1. The maximum absolute atomic E-state index is 12.5. The van der Waals surface area contributed by atoms with Crippen molar-refractivity contribution < 1.29 is 18.3 Å². The standard InChI is InChI=1S/C16H19N3O4S/c1-2-11(7-12-5-3-4-6-13(12)8-17)10-24(22,23)15-14(16(20)21)9-18-19-15/h3-7,9H,2,8,10,17H2,1H3,(H,18,19)(H,20,21). The Morgan fingerprint density at radius 1 is 1.38 bits per heavy atom. The van der Waals surface area contributed by atoms with Gasteiger partial charge in [-0.1, -0.05) is 42.8 Å². The molecule has 0 saturated heterocycles. The van der Waals surface area contributed by atoms with E-state index in [2.05, 4.69) is 10.2 Å². The van der Waals surface area contributed by atoms with E-state index in [1.54, 1.807) is 6.08 Å². The number of carbonyl (C=O) groups is 1. The van der Waals surface area contributed by atoms with Crippen molar-refractivity contribution in [3.8, 4) is 0 Å². The molecule has 0 aliphatic carbocycles. The van der Waals surface area contributed by atoms with Gasteiger partial charge >= 0.3 is 5.97 Å². The molecule has 0 unspecified atom stereocenters. The highest BCUT2D eigenvalue weighted by Crippen LogP contribution is 2.20. The van der Waals surface area contributed by atoms with Crippen LogP contribution >= 0.6 is 0 Å². The van der Waals surface area contributed by atoms with Crippen LogP contribution in [0, 0.1) is 0 Å². The molecule has 0 fully saturated rings. The molecule has 0 amide bonds. The van der Waals surface area contributed by atoms with Gasteiger partial charge in [0.25, 0.3) is 0 Å². The van der Waals surface area contributed by atoms with Crippen molar-refractivity contribution in [2.75, 3.05) is 5.75 Å². The molecule has 7 nitrogen and oxygen atoms in total. The van der Waals surface area contributed by atoms with Crippen molar-refractivity contribution in [2.45, 2.75) is 24.9 Å². The van der Waals surface area contributed by atoms with Gasteiger partial charge in [0, 0.05) is 12.7 Å². The number of nitrogens with two attached hydrogens (primary N) is 1. The molecule has 2 aromatic rings. The zero-order chi connectivity index (χ0) is 17.7. The van der Waals surface area contributed by atoms with E-state index < -0.39 is 20.8 Å². The number of nitrogens with zero attached hydrogens (tertiary/aromatic N) is 1. The fourth-order valence-corrected chi connectivity index (χ4v) is 3.89. The first kappa shape index (κ1) is 17.9. The van der Waals surface area contributed by atoms with Crippen LogP contribution in [0.4, 0.5) is 0 Å². The number of carboxylic acids is 1. The molecular formula is C16H19N3O4S. The van der Waals surface area contributed by atoms with E-state index in [1.807, 2.05) is 31.2 Å². The lowest BCUT2D eigenvalue weighted by molar-refractivity contribution is 0.0692. The number of benzene rings is 1. The zero-order valence-electron chi connectivity index (χ0n) is 13.2. The van der Waals surface area contributed by atoms with Gasteiger partial charge < -0.3 is 10.8 Å². The van der Waals surface area contributed by atoms with Crippen LogP contribution < -0.4 is 5.73 Å². The number of carboxylic acid groups (broad SMARTS) is 1. The fourth-order valence-electron chi connectivity index (χ4n) is 2.31. The minimum absolute atomic E-state index is 0.298. The molecule has 2 rings (SSSR count). The third-order valence-electron chi connectivity index (χ3n) is 3.59. The van der Waals surface area contributed by atoms with Gasteiger partial charge in [0.1, 0.15) is 5.56 Å². The van der Waals surface area contributed by atoms with Gasteiger partial charge in [-0.2, -0.15) is 5.10 Å². The minimum Gasteiger partial charge on any atom is -0.478 e. The van der Waals surface area contributed by atoms with E-state index in [1.165, 1.54) is 0 Å². The Morgan fingerprint density at radius 3 is 2.71 bits per heavy atom. The van der Waals surface area contributed by atoms with E-state index in [0.29, 0.717) is 18.5 Å². The Labute approximate surface area is 140 Å². The lowest BCUT2D eigenvalue weighted by Crippen LogP contribution is -2.13. The van der Waals surface area contributed by atoms with E-state index in [4.69, 9.17) is 10.8 Å². The van der Waals surface area contributed by atoms with Gasteiger partial charge in [-0.3, -0.25) is 5.10 Å². The maximum atomic E-state index is 12.5. The largest absolute Gasteiger partial charge is 0.478 e. The molecule has 24 heavy (non-hydrogen) atoms. The summed E-state index contributed by atoms with van der Waals surface area (Å²) in [6.45, 7) is 2.19. The topological polar surface area (TPSA) is 126 Å². The fraction of sp³-hybridized carbons (Fsp3) is 0.250. The Balaban J connectivity index is 2.37. The molecule has 0 radical (unpaired) electrons. The van der Waals surface area contributed by atoms with Crippen molar-refractivity contribution in [1.82, 2.24) is 10.2 Å². The highest BCUT2D eigenvalue weighted by atomic mass is 32.2. The average molecular weight is 349 g/mol. The predicted octanol–water partition coefficient (Wildman–Crippen LogP) is 1.83. The van der Waals surface area contributed by atoms with E-state index >= 15 is 0 Å². The van der Waals surface area contributed by atoms with Gasteiger partial charge in [0.2, 0.25) is 9.84 Å². The summed E-state index contributed by atoms with van der Waals surface area (Å²) >= 11 is 0. The van der Waals surface area contributed by atoms with Crippen LogP contribution in [0.2, 0.25) is 0 Å². The molecule has 1 aromatic carbocycles. The molecule has 1 heterocycles. The van der Waals surface area contributed by atoms with Gasteiger partial charge in [0.15, 0.2) is 5.03 Å². The van der Waals surface area contributed by atoms with E-state index in [0.717, 1.165) is 17.3 Å². The molecule has 0 bridgehead atoms. The SMILES string of the molecule is CCC(=Cc1ccccc1CN)CS(=O)(=O)c1n[nH]cc1C(=O)O. The molecule has 0 aliphatic rings. The summed E-state index contributed by atoms with van der Waals surface area (Å²) in [6.07, 6.45) is 3.35. The molecule has 1 aromatic heterocycles. The lowest BCUT2D eigenvalue weighted by Gasteiger charge is -2.08. The number of hydrogen-bond acceptors (Lipinski definition) is 5. The maximum Gasteiger partial charge on any atom is 0.340 e. The second-order valence-electron chi connectivity index (χ2n) is 5.23. The summed E-state index contributed by atoms with van der Waals surface area (Å²) in [4.78, 5) is 11.1. The first-order valence-corrected chi connectivity index (χ1v) is 9.01. The minimum atomic E-state index is -3.87. The second kappa shape index (κ2) is 7.41. The summed E-state index contributed by atoms with van der Waals surface area (Å²) in [5, 5.41) is 14.5. The monoisotopic (exact) mass is 349 g/mol. The quantitative estimate of drug-likeness (QED) is 0.700. The molecule has 0 spiro atoms. The Morgan fingerprint density at radius 2 is 2.08 bits per heavy atom.